The van der Waals surface area contributed by atoms with E-state index < -0.39 is 0 Å². The second kappa shape index (κ2) is 5.18. The molecule has 0 aliphatic heterocycles. The SMILES string of the molecule is CC1(C)CCCC1NCCc1ccc(F)cc1. The average Bonchev–Trinajstić information content (AvgIpc) is 2.61. The summed E-state index contributed by atoms with van der Waals surface area (Å²) in [6.07, 6.45) is 4.92. The van der Waals surface area contributed by atoms with E-state index >= 15 is 0 Å². The first kappa shape index (κ1) is 12.6. The van der Waals surface area contributed by atoms with E-state index in [1.165, 1.54) is 37.0 Å². The molecular weight excluding hydrogens is 213 g/mol. The normalized spacial score (nSPS) is 22.9. The summed E-state index contributed by atoms with van der Waals surface area (Å²) in [6, 6.07) is 7.46. The Morgan fingerprint density at radius 3 is 2.59 bits per heavy atom. The molecule has 0 saturated heterocycles. The van der Waals surface area contributed by atoms with E-state index in [9.17, 15) is 4.39 Å². The molecule has 2 rings (SSSR count). The van der Waals surface area contributed by atoms with E-state index in [-0.39, 0.29) is 5.82 Å². The maximum absolute atomic E-state index is 12.7. The van der Waals surface area contributed by atoms with Crippen LogP contribution in [-0.2, 0) is 6.42 Å². The fourth-order valence-corrected chi connectivity index (χ4v) is 2.75. The average molecular weight is 235 g/mol. The van der Waals surface area contributed by atoms with E-state index in [1.54, 1.807) is 0 Å². The predicted octanol–water partition coefficient (Wildman–Crippen LogP) is 3.54. The summed E-state index contributed by atoms with van der Waals surface area (Å²) in [5, 5.41) is 3.64. The largest absolute Gasteiger partial charge is 0.313 e. The molecule has 1 atom stereocenters. The van der Waals surface area contributed by atoms with Crippen molar-refractivity contribution in [1.82, 2.24) is 5.32 Å². The minimum atomic E-state index is -0.154. The van der Waals surface area contributed by atoms with Gasteiger partial charge in [-0.25, -0.2) is 4.39 Å². The van der Waals surface area contributed by atoms with Gasteiger partial charge in [0.15, 0.2) is 0 Å². The van der Waals surface area contributed by atoms with Crippen LogP contribution in [0.2, 0.25) is 0 Å². The van der Waals surface area contributed by atoms with E-state index in [4.69, 9.17) is 0 Å². The molecule has 0 heterocycles. The van der Waals surface area contributed by atoms with Gasteiger partial charge in [0.1, 0.15) is 5.82 Å². The topological polar surface area (TPSA) is 12.0 Å². The van der Waals surface area contributed by atoms with Crippen LogP contribution in [0.3, 0.4) is 0 Å². The van der Waals surface area contributed by atoms with Gasteiger partial charge in [0.2, 0.25) is 0 Å². The molecule has 0 radical (unpaired) electrons. The van der Waals surface area contributed by atoms with Crippen molar-refractivity contribution < 1.29 is 4.39 Å². The molecule has 1 aromatic carbocycles. The van der Waals surface area contributed by atoms with Crippen molar-refractivity contribution in [1.29, 1.82) is 0 Å². The van der Waals surface area contributed by atoms with Crippen molar-refractivity contribution in [2.24, 2.45) is 5.41 Å². The summed E-state index contributed by atoms with van der Waals surface area (Å²) in [7, 11) is 0. The number of halogens is 1. The highest BCUT2D eigenvalue weighted by Crippen LogP contribution is 2.36. The molecule has 1 aromatic rings. The minimum Gasteiger partial charge on any atom is -0.313 e. The van der Waals surface area contributed by atoms with Crippen molar-refractivity contribution in [2.75, 3.05) is 6.54 Å². The van der Waals surface area contributed by atoms with Gasteiger partial charge >= 0.3 is 0 Å². The van der Waals surface area contributed by atoms with Crippen LogP contribution < -0.4 is 5.32 Å². The van der Waals surface area contributed by atoms with Crippen LogP contribution >= 0.6 is 0 Å². The molecular formula is C15H22FN. The standard InChI is InChI=1S/C15H22FN/c1-15(2)10-3-4-14(15)17-11-9-12-5-7-13(16)8-6-12/h5-8,14,17H,3-4,9-11H2,1-2H3. The molecule has 0 amide bonds. The van der Waals surface area contributed by atoms with Crippen LogP contribution in [0, 0.1) is 11.2 Å². The molecule has 1 unspecified atom stereocenters. The number of benzene rings is 1. The Kier molecular flexibility index (Phi) is 3.82. The number of nitrogens with one attached hydrogen (secondary N) is 1. The smallest absolute Gasteiger partial charge is 0.123 e. The quantitative estimate of drug-likeness (QED) is 0.841. The van der Waals surface area contributed by atoms with Crippen LogP contribution in [0.4, 0.5) is 4.39 Å². The lowest BCUT2D eigenvalue weighted by Gasteiger charge is -2.28. The summed E-state index contributed by atoms with van der Waals surface area (Å²) in [5.74, 6) is -0.154. The maximum atomic E-state index is 12.7. The second-order valence-electron chi connectivity index (χ2n) is 5.76. The molecule has 0 bridgehead atoms. The zero-order chi connectivity index (χ0) is 12.3. The van der Waals surface area contributed by atoms with Gasteiger partial charge in [-0.05, 0) is 48.9 Å². The molecule has 1 fully saturated rings. The van der Waals surface area contributed by atoms with Gasteiger partial charge in [0, 0.05) is 6.04 Å². The van der Waals surface area contributed by atoms with Crippen LogP contribution in [-0.4, -0.2) is 12.6 Å². The van der Waals surface area contributed by atoms with Gasteiger partial charge in [-0.1, -0.05) is 32.4 Å². The van der Waals surface area contributed by atoms with E-state index in [1.807, 2.05) is 12.1 Å². The fourth-order valence-electron chi connectivity index (χ4n) is 2.75. The monoisotopic (exact) mass is 235 g/mol. The first-order valence-corrected chi connectivity index (χ1v) is 6.56. The molecule has 1 aliphatic rings. The van der Waals surface area contributed by atoms with E-state index in [2.05, 4.69) is 19.2 Å². The Hall–Kier alpha value is -0.890. The molecule has 1 N–H and O–H groups in total. The van der Waals surface area contributed by atoms with Crippen LogP contribution in [0.5, 0.6) is 0 Å². The highest BCUT2D eigenvalue weighted by molar-refractivity contribution is 5.16. The van der Waals surface area contributed by atoms with Crippen LogP contribution in [0.25, 0.3) is 0 Å². The third-order valence-corrected chi connectivity index (χ3v) is 3.97. The third kappa shape index (κ3) is 3.29. The van der Waals surface area contributed by atoms with E-state index in [0.29, 0.717) is 11.5 Å². The third-order valence-electron chi connectivity index (χ3n) is 3.97. The van der Waals surface area contributed by atoms with Crippen molar-refractivity contribution in [2.45, 2.75) is 45.6 Å². The first-order chi connectivity index (χ1) is 8.08. The number of hydrogen-bond acceptors (Lipinski definition) is 1. The summed E-state index contributed by atoms with van der Waals surface area (Å²) >= 11 is 0. The van der Waals surface area contributed by atoms with Crippen molar-refractivity contribution in [3.8, 4) is 0 Å². The second-order valence-corrected chi connectivity index (χ2v) is 5.76. The molecule has 94 valence electrons. The van der Waals surface area contributed by atoms with Gasteiger partial charge in [0.05, 0.1) is 0 Å². The lowest BCUT2D eigenvalue weighted by Crippen LogP contribution is -2.38. The Labute approximate surface area is 103 Å². The Balaban J connectivity index is 1.78. The predicted molar refractivity (Wildman–Crippen MR) is 69.5 cm³/mol. The lowest BCUT2D eigenvalue weighted by molar-refractivity contribution is 0.285. The van der Waals surface area contributed by atoms with Crippen molar-refractivity contribution in [3.63, 3.8) is 0 Å². The van der Waals surface area contributed by atoms with E-state index in [0.717, 1.165) is 13.0 Å². The maximum Gasteiger partial charge on any atom is 0.123 e. The highest BCUT2D eigenvalue weighted by Gasteiger charge is 2.33. The van der Waals surface area contributed by atoms with Crippen LogP contribution in [0.1, 0.15) is 38.7 Å². The zero-order valence-corrected chi connectivity index (χ0v) is 10.8. The lowest BCUT2D eigenvalue weighted by atomic mass is 9.87. The molecule has 1 saturated carbocycles. The summed E-state index contributed by atoms with van der Waals surface area (Å²) in [4.78, 5) is 0. The minimum absolute atomic E-state index is 0.154. The fraction of sp³-hybridized carbons (Fsp3) is 0.600. The molecule has 2 heteroatoms. The zero-order valence-electron chi connectivity index (χ0n) is 10.8. The van der Waals surface area contributed by atoms with Gasteiger partial charge in [0.25, 0.3) is 0 Å². The number of rotatable bonds is 4. The summed E-state index contributed by atoms with van der Waals surface area (Å²) < 4.78 is 12.7. The van der Waals surface area contributed by atoms with Gasteiger partial charge in [-0.15, -0.1) is 0 Å². The first-order valence-electron chi connectivity index (χ1n) is 6.56. The molecule has 1 nitrogen and oxygen atoms in total. The molecule has 0 aromatic heterocycles. The Bertz CT molecular complexity index is 356. The van der Waals surface area contributed by atoms with Gasteiger partial charge in [-0.2, -0.15) is 0 Å². The molecule has 17 heavy (non-hydrogen) atoms. The van der Waals surface area contributed by atoms with Gasteiger partial charge in [-0.3, -0.25) is 0 Å². The van der Waals surface area contributed by atoms with Crippen molar-refractivity contribution in [3.05, 3.63) is 35.6 Å². The highest BCUT2D eigenvalue weighted by atomic mass is 19.1. The van der Waals surface area contributed by atoms with Crippen molar-refractivity contribution >= 4 is 0 Å². The Morgan fingerprint density at radius 1 is 1.29 bits per heavy atom. The summed E-state index contributed by atoms with van der Waals surface area (Å²) in [5.41, 5.74) is 1.64. The van der Waals surface area contributed by atoms with Crippen LogP contribution in [0.15, 0.2) is 24.3 Å². The molecule has 1 aliphatic carbocycles. The molecule has 0 spiro atoms. The number of hydrogen-bond donors (Lipinski definition) is 1. The Morgan fingerprint density at radius 2 is 2.00 bits per heavy atom. The summed E-state index contributed by atoms with van der Waals surface area (Å²) in [6.45, 7) is 5.67. The van der Waals surface area contributed by atoms with Gasteiger partial charge < -0.3 is 5.32 Å².